The van der Waals surface area contributed by atoms with Crippen LogP contribution < -0.4 is 5.32 Å². The van der Waals surface area contributed by atoms with Gasteiger partial charge in [0.05, 0.1) is 15.8 Å². The lowest BCUT2D eigenvalue weighted by Crippen LogP contribution is -2.15. The fraction of sp³-hybridized carbons (Fsp3) is 0.263. The normalized spacial score (nSPS) is 10.9. The summed E-state index contributed by atoms with van der Waals surface area (Å²) in [7, 11) is 1.66. The molecule has 0 radical (unpaired) electrons. The molecular weight excluding hydrogens is 433 g/mol. The second-order valence-corrected chi connectivity index (χ2v) is 7.77. The Hall–Kier alpha value is -2.13. The summed E-state index contributed by atoms with van der Waals surface area (Å²) < 4.78 is 7.11. The molecule has 7 nitrogen and oxygen atoms in total. The highest BCUT2D eigenvalue weighted by atomic mass is 35.5. The summed E-state index contributed by atoms with van der Waals surface area (Å²) in [6.07, 6.45) is 2.26. The standard InChI is InChI=1S/C19H19Cl2N5O2S/c1-28-10-4-9-26-18(14-5-2-3-6-15(14)21)24-25-19(26)29-12-17(27)23-16-8-7-13(20)11-22-16/h2-3,5-8,11H,4,9-10,12H2,1H3,(H,22,23,27). The van der Waals surface area contributed by atoms with E-state index in [2.05, 4.69) is 20.5 Å². The number of rotatable bonds is 9. The number of carbonyl (C=O) groups excluding carboxylic acids is 1. The van der Waals surface area contributed by atoms with Gasteiger partial charge < -0.3 is 14.6 Å². The van der Waals surface area contributed by atoms with Crippen LogP contribution in [0.4, 0.5) is 5.82 Å². The molecule has 0 bridgehead atoms. The number of methoxy groups -OCH3 is 1. The van der Waals surface area contributed by atoms with E-state index in [1.807, 2.05) is 28.8 Å². The zero-order valence-corrected chi connectivity index (χ0v) is 18.0. The van der Waals surface area contributed by atoms with E-state index < -0.39 is 0 Å². The van der Waals surface area contributed by atoms with Crippen LogP contribution in [-0.4, -0.2) is 45.1 Å². The fourth-order valence-corrected chi connectivity index (χ4v) is 3.66. The summed E-state index contributed by atoms with van der Waals surface area (Å²) in [6, 6.07) is 10.8. The maximum atomic E-state index is 12.3. The summed E-state index contributed by atoms with van der Waals surface area (Å²) in [5.74, 6) is 1.07. The molecule has 1 aromatic carbocycles. The third kappa shape index (κ3) is 5.93. The minimum Gasteiger partial charge on any atom is -0.385 e. The second-order valence-electron chi connectivity index (χ2n) is 5.98. The lowest BCUT2D eigenvalue weighted by atomic mass is 10.2. The molecule has 0 aliphatic heterocycles. The van der Waals surface area contributed by atoms with E-state index >= 15 is 0 Å². The van der Waals surface area contributed by atoms with Gasteiger partial charge in [0.1, 0.15) is 5.82 Å². The van der Waals surface area contributed by atoms with Gasteiger partial charge in [-0.3, -0.25) is 4.79 Å². The summed E-state index contributed by atoms with van der Waals surface area (Å²) in [6.45, 7) is 1.25. The SMILES string of the molecule is COCCCn1c(SCC(=O)Nc2ccc(Cl)cn2)nnc1-c1ccccc1Cl. The highest BCUT2D eigenvalue weighted by molar-refractivity contribution is 7.99. The number of hydrogen-bond acceptors (Lipinski definition) is 6. The zero-order valence-electron chi connectivity index (χ0n) is 15.6. The van der Waals surface area contributed by atoms with Crippen molar-refractivity contribution in [2.45, 2.75) is 18.1 Å². The third-order valence-electron chi connectivity index (χ3n) is 3.89. The Morgan fingerprint density at radius 2 is 2.03 bits per heavy atom. The Morgan fingerprint density at radius 1 is 1.21 bits per heavy atom. The molecule has 0 saturated heterocycles. The van der Waals surface area contributed by atoms with Crippen molar-refractivity contribution in [2.75, 3.05) is 24.8 Å². The van der Waals surface area contributed by atoms with Crippen molar-refractivity contribution in [1.29, 1.82) is 0 Å². The van der Waals surface area contributed by atoms with Crippen LogP contribution >= 0.6 is 35.0 Å². The Kier molecular flexibility index (Phi) is 7.88. The van der Waals surface area contributed by atoms with Crippen LogP contribution in [0.25, 0.3) is 11.4 Å². The van der Waals surface area contributed by atoms with Crippen LogP contribution in [0.15, 0.2) is 47.8 Å². The van der Waals surface area contributed by atoms with Crippen LogP contribution in [0.5, 0.6) is 0 Å². The zero-order chi connectivity index (χ0) is 20.6. The monoisotopic (exact) mass is 451 g/mol. The van der Waals surface area contributed by atoms with E-state index in [4.69, 9.17) is 27.9 Å². The highest BCUT2D eigenvalue weighted by Crippen LogP contribution is 2.29. The van der Waals surface area contributed by atoms with E-state index in [0.29, 0.717) is 40.0 Å². The van der Waals surface area contributed by atoms with Crippen LogP contribution in [0.2, 0.25) is 10.0 Å². The third-order valence-corrected chi connectivity index (χ3v) is 5.41. The molecule has 2 aromatic heterocycles. The lowest BCUT2D eigenvalue weighted by Gasteiger charge is -2.11. The van der Waals surface area contributed by atoms with Gasteiger partial charge in [-0.05, 0) is 30.7 Å². The first-order valence-corrected chi connectivity index (χ1v) is 10.5. The first-order chi connectivity index (χ1) is 14.1. The summed E-state index contributed by atoms with van der Waals surface area (Å²) in [5, 5.41) is 13.0. The van der Waals surface area contributed by atoms with E-state index in [9.17, 15) is 4.79 Å². The number of thioether (sulfide) groups is 1. The number of hydrogen-bond donors (Lipinski definition) is 1. The number of ether oxygens (including phenoxy) is 1. The number of amides is 1. The van der Waals surface area contributed by atoms with Crippen molar-refractivity contribution < 1.29 is 9.53 Å². The number of benzene rings is 1. The van der Waals surface area contributed by atoms with Gasteiger partial charge in [0, 0.05) is 32.0 Å². The van der Waals surface area contributed by atoms with Gasteiger partial charge in [0.15, 0.2) is 11.0 Å². The number of halogens is 2. The van der Waals surface area contributed by atoms with Gasteiger partial charge in [-0.25, -0.2) is 4.98 Å². The van der Waals surface area contributed by atoms with Gasteiger partial charge in [-0.1, -0.05) is 47.1 Å². The molecule has 0 spiro atoms. The largest absolute Gasteiger partial charge is 0.385 e. The van der Waals surface area contributed by atoms with Crippen molar-refractivity contribution in [3.63, 3.8) is 0 Å². The molecule has 0 fully saturated rings. The predicted molar refractivity (Wildman–Crippen MR) is 116 cm³/mol. The number of carbonyl (C=O) groups is 1. The number of anilines is 1. The first-order valence-electron chi connectivity index (χ1n) is 8.79. The molecule has 1 amide bonds. The Bertz CT molecular complexity index is 965. The second kappa shape index (κ2) is 10.6. The average molecular weight is 452 g/mol. The molecule has 3 rings (SSSR count). The van der Waals surface area contributed by atoms with Crippen molar-refractivity contribution in [3.8, 4) is 11.4 Å². The molecule has 2 heterocycles. The Balaban J connectivity index is 1.73. The number of aromatic nitrogens is 4. The van der Waals surface area contributed by atoms with Crippen molar-refractivity contribution in [1.82, 2.24) is 19.7 Å². The van der Waals surface area contributed by atoms with E-state index in [0.717, 1.165) is 12.0 Å². The molecular formula is C19H19Cl2N5O2S. The van der Waals surface area contributed by atoms with E-state index in [-0.39, 0.29) is 11.7 Å². The summed E-state index contributed by atoms with van der Waals surface area (Å²) >= 11 is 13.4. The first kappa shape index (κ1) is 21.6. The summed E-state index contributed by atoms with van der Waals surface area (Å²) in [4.78, 5) is 16.3. The molecule has 0 atom stereocenters. The Morgan fingerprint density at radius 3 is 2.76 bits per heavy atom. The van der Waals surface area contributed by atoms with Gasteiger partial charge in [-0.15, -0.1) is 10.2 Å². The molecule has 0 saturated carbocycles. The smallest absolute Gasteiger partial charge is 0.236 e. The lowest BCUT2D eigenvalue weighted by molar-refractivity contribution is -0.113. The number of nitrogens with one attached hydrogen (secondary N) is 1. The minimum atomic E-state index is -0.199. The van der Waals surface area contributed by atoms with Crippen LogP contribution in [-0.2, 0) is 16.1 Å². The molecule has 1 N–H and O–H groups in total. The predicted octanol–water partition coefficient (Wildman–Crippen LogP) is 4.41. The number of pyridine rings is 1. The van der Waals surface area contributed by atoms with Gasteiger partial charge in [0.2, 0.25) is 5.91 Å². The molecule has 152 valence electrons. The molecule has 0 unspecified atom stereocenters. The van der Waals surface area contributed by atoms with Gasteiger partial charge in [0.25, 0.3) is 0 Å². The van der Waals surface area contributed by atoms with Crippen molar-refractivity contribution in [2.24, 2.45) is 0 Å². The maximum absolute atomic E-state index is 12.3. The van der Waals surface area contributed by atoms with E-state index in [1.165, 1.54) is 18.0 Å². The van der Waals surface area contributed by atoms with Crippen molar-refractivity contribution >= 4 is 46.7 Å². The molecule has 10 heteroatoms. The Labute approximate surface area is 182 Å². The maximum Gasteiger partial charge on any atom is 0.236 e. The van der Waals surface area contributed by atoms with Gasteiger partial charge in [-0.2, -0.15) is 0 Å². The quantitative estimate of drug-likeness (QED) is 0.383. The van der Waals surface area contributed by atoms with Crippen LogP contribution in [0, 0.1) is 0 Å². The van der Waals surface area contributed by atoms with Crippen LogP contribution in [0.1, 0.15) is 6.42 Å². The highest BCUT2D eigenvalue weighted by Gasteiger charge is 2.17. The van der Waals surface area contributed by atoms with Crippen molar-refractivity contribution in [3.05, 3.63) is 52.6 Å². The summed E-state index contributed by atoms with van der Waals surface area (Å²) in [5.41, 5.74) is 0.792. The molecule has 0 aliphatic rings. The molecule has 3 aromatic rings. The fourth-order valence-electron chi connectivity index (χ4n) is 2.56. The van der Waals surface area contributed by atoms with Gasteiger partial charge >= 0.3 is 0 Å². The van der Waals surface area contributed by atoms with E-state index in [1.54, 1.807) is 19.2 Å². The van der Waals surface area contributed by atoms with Crippen LogP contribution in [0.3, 0.4) is 0 Å². The topological polar surface area (TPSA) is 81.9 Å². The minimum absolute atomic E-state index is 0.162. The molecule has 0 aliphatic carbocycles. The average Bonchev–Trinajstić information content (AvgIpc) is 3.11. The number of nitrogens with zero attached hydrogens (tertiary/aromatic N) is 4. The molecule has 29 heavy (non-hydrogen) atoms.